The average Bonchev–Trinajstić information content (AvgIpc) is 3.27. The minimum absolute atomic E-state index is 0.226. The van der Waals surface area contributed by atoms with Crippen molar-refractivity contribution in [1.29, 1.82) is 5.41 Å². The van der Waals surface area contributed by atoms with Crippen molar-refractivity contribution in [2.75, 3.05) is 0 Å². The maximum absolute atomic E-state index is 8.86. The largest absolute Gasteiger partial charge is 0.282 e. The van der Waals surface area contributed by atoms with Gasteiger partial charge < -0.3 is 0 Å². The molecule has 0 saturated heterocycles. The number of allylic oxidation sites excluding steroid dienone is 1. The molecule has 0 bridgehead atoms. The van der Waals surface area contributed by atoms with E-state index < -0.39 is 0 Å². The smallest absolute Gasteiger partial charge is 0.152 e. The molecule has 0 spiro atoms. The molecule has 1 N–H and O–H groups in total. The van der Waals surface area contributed by atoms with Gasteiger partial charge in [0, 0.05) is 11.1 Å². The molecule has 10 rings (SSSR count). The summed E-state index contributed by atoms with van der Waals surface area (Å²) in [5.74, 6) is 0.226. The van der Waals surface area contributed by atoms with E-state index in [2.05, 4.69) is 176 Å². The molecule has 0 unspecified atom stereocenters. The zero-order chi connectivity index (χ0) is 37.4. The standard InChI is InChI=1S/C54H36N2/c55-54(41-12-2-1-3-13-41)56-52(40-24-21-38(22-25-40)44-26-23-37-10-4-5-14-42(37)33-44)31-19-36-18-20-45-34-47(28-27-43(45)32-36)53-49-17-9-7-15-46(49)35-51-48-16-8-6-11-39(48)29-30-50(51)53/h1-35,55H/b31-19+,55-54?,56-52?. The molecule has 0 radical (unpaired) electrons. The second-order valence-corrected chi connectivity index (χ2v) is 14.4. The van der Waals surface area contributed by atoms with Crippen LogP contribution >= 0.6 is 0 Å². The summed E-state index contributed by atoms with van der Waals surface area (Å²) < 4.78 is 0. The minimum atomic E-state index is 0.226. The van der Waals surface area contributed by atoms with Crippen LogP contribution in [0, 0.1) is 5.41 Å². The number of hydrogen-bond donors (Lipinski definition) is 1. The third-order valence-corrected chi connectivity index (χ3v) is 10.9. The van der Waals surface area contributed by atoms with Crippen LogP contribution in [0.4, 0.5) is 0 Å². The molecule has 10 aromatic rings. The molecule has 0 aromatic heterocycles. The lowest BCUT2D eigenvalue weighted by Gasteiger charge is -2.15. The maximum atomic E-state index is 8.86. The van der Waals surface area contributed by atoms with Crippen LogP contribution in [-0.4, -0.2) is 11.5 Å². The Bertz CT molecular complexity index is 3190. The summed E-state index contributed by atoms with van der Waals surface area (Å²) in [7, 11) is 0. The molecule has 0 aliphatic rings. The molecule has 2 nitrogen and oxygen atoms in total. The van der Waals surface area contributed by atoms with Gasteiger partial charge in [0.15, 0.2) is 5.84 Å². The second kappa shape index (κ2) is 14.1. The van der Waals surface area contributed by atoms with Gasteiger partial charge in [-0.25, -0.2) is 4.99 Å². The molecule has 0 saturated carbocycles. The molecule has 0 atom stereocenters. The Morgan fingerprint density at radius 2 is 0.964 bits per heavy atom. The lowest BCUT2D eigenvalue weighted by Crippen LogP contribution is -2.03. The summed E-state index contributed by atoms with van der Waals surface area (Å²) in [6.07, 6.45) is 4.13. The van der Waals surface area contributed by atoms with Crippen molar-refractivity contribution in [1.82, 2.24) is 0 Å². The first-order chi connectivity index (χ1) is 27.6. The molecular weight excluding hydrogens is 677 g/mol. The molecule has 0 fully saturated rings. The number of fused-ring (bicyclic) bond motifs is 6. The predicted octanol–water partition coefficient (Wildman–Crippen LogP) is 14.3. The Kier molecular flexibility index (Phi) is 8.35. The van der Waals surface area contributed by atoms with E-state index in [0.717, 1.165) is 28.0 Å². The van der Waals surface area contributed by atoms with Crippen molar-refractivity contribution in [3.05, 3.63) is 223 Å². The monoisotopic (exact) mass is 712 g/mol. The zero-order valence-corrected chi connectivity index (χ0v) is 30.7. The van der Waals surface area contributed by atoms with Crippen LogP contribution < -0.4 is 0 Å². The number of nitrogens with zero attached hydrogens (tertiary/aromatic N) is 1. The van der Waals surface area contributed by atoms with Crippen LogP contribution in [0.3, 0.4) is 0 Å². The van der Waals surface area contributed by atoms with Gasteiger partial charge in [0.1, 0.15) is 0 Å². The number of hydrogen-bond acceptors (Lipinski definition) is 1. The Balaban J connectivity index is 1.01. The van der Waals surface area contributed by atoms with Crippen molar-refractivity contribution in [2.45, 2.75) is 0 Å². The van der Waals surface area contributed by atoms with Gasteiger partial charge in [-0.1, -0.05) is 182 Å². The maximum Gasteiger partial charge on any atom is 0.152 e. The molecule has 2 heteroatoms. The minimum Gasteiger partial charge on any atom is -0.282 e. The first-order valence-corrected chi connectivity index (χ1v) is 19.0. The number of nitrogens with one attached hydrogen (secondary N) is 1. The van der Waals surface area contributed by atoms with Gasteiger partial charge in [0.25, 0.3) is 0 Å². The van der Waals surface area contributed by atoms with E-state index in [4.69, 9.17) is 10.4 Å². The first kappa shape index (κ1) is 33.2. The summed E-state index contributed by atoms with van der Waals surface area (Å²) in [5.41, 5.74) is 8.31. The van der Waals surface area contributed by atoms with Gasteiger partial charge in [0.2, 0.25) is 0 Å². The Labute approximate surface area is 325 Å². The van der Waals surface area contributed by atoms with Crippen molar-refractivity contribution in [3.8, 4) is 22.3 Å². The van der Waals surface area contributed by atoms with E-state index in [1.54, 1.807) is 0 Å². The van der Waals surface area contributed by atoms with E-state index in [-0.39, 0.29) is 5.84 Å². The SMILES string of the molecule is N=C(N=C(/C=C/c1ccc2cc(-c3c4ccccc4cc4c3ccc3ccccc34)ccc2c1)c1ccc(-c2ccc3ccccc3c2)cc1)c1ccccc1. The van der Waals surface area contributed by atoms with E-state index in [1.165, 1.54) is 70.6 Å². The zero-order valence-electron chi connectivity index (χ0n) is 30.7. The average molecular weight is 713 g/mol. The van der Waals surface area contributed by atoms with Gasteiger partial charge in [0.05, 0.1) is 5.71 Å². The summed E-state index contributed by atoms with van der Waals surface area (Å²) in [6, 6.07) is 70.9. The van der Waals surface area contributed by atoms with Crippen LogP contribution in [0.5, 0.6) is 0 Å². The number of amidine groups is 1. The van der Waals surface area contributed by atoms with Crippen LogP contribution in [-0.2, 0) is 0 Å². The highest BCUT2D eigenvalue weighted by Crippen LogP contribution is 2.40. The lowest BCUT2D eigenvalue weighted by atomic mass is 9.89. The van der Waals surface area contributed by atoms with E-state index >= 15 is 0 Å². The Morgan fingerprint density at radius 1 is 0.375 bits per heavy atom. The number of rotatable bonds is 6. The highest BCUT2D eigenvalue weighted by atomic mass is 14.8. The van der Waals surface area contributed by atoms with E-state index in [1.807, 2.05) is 36.4 Å². The van der Waals surface area contributed by atoms with Gasteiger partial charge in [-0.2, -0.15) is 0 Å². The highest BCUT2D eigenvalue weighted by molar-refractivity contribution is 6.21. The molecular formula is C54H36N2. The van der Waals surface area contributed by atoms with Gasteiger partial charge in [-0.15, -0.1) is 0 Å². The van der Waals surface area contributed by atoms with E-state index in [0.29, 0.717) is 0 Å². The van der Waals surface area contributed by atoms with E-state index in [9.17, 15) is 0 Å². The predicted molar refractivity (Wildman–Crippen MR) is 240 cm³/mol. The molecule has 0 heterocycles. The third-order valence-electron chi connectivity index (χ3n) is 10.9. The lowest BCUT2D eigenvalue weighted by molar-refractivity contribution is 1.41. The normalized spacial score (nSPS) is 12.0. The van der Waals surface area contributed by atoms with Gasteiger partial charge in [-0.3, -0.25) is 5.41 Å². The molecule has 0 aliphatic carbocycles. The summed E-state index contributed by atoms with van der Waals surface area (Å²) in [5, 5.41) is 21.2. The molecule has 10 aromatic carbocycles. The van der Waals surface area contributed by atoms with Crippen LogP contribution in [0.15, 0.2) is 211 Å². The number of benzene rings is 10. The molecule has 0 amide bonds. The van der Waals surface area contributed by atoms with Crippen LogP contribution in [0.25, 0.3) is 82.2 Å². The Hall–Kier alpha value is -7.42. The summed E-state index contributed by atoms with van der Waals surface area (Å²) in [6.45, 7) is 0. The Morgan fingerprint density at radius 3 is 1.80 bits per heavy atom. The number of aliphatic imine (C=N–C) groups is 1. The fraction of sp³-hybridized carbons (Fsp3) is 0. The quantitative estimate of drug-likeness (QED) is 0.0771. The highest BCUT2D eigenvalue weighted by Gasteiger charge is 2.13. The summed E-state index contributed by atoms with van der Waals surface area (Å²) >= 11 is 0. The van der Waals surface area contributed by atoms with Crippen molar-refractivity contribution < 1.29 is 0 Å². The van der Waals surface area contributed by atoms with Crippen molar-refractivity contribution >= 4 is 71.5 Å². The second-order valence-electron chi connectivity index (χ2n) is 14.4. The molecule has 0 aliphatic heterocycles. The van der Waals surface area contributed by atoms with Crippen LogP contribution in [0.2, 0.25) is 0 Å². The fourth-order valence-corrected chi connectivity index (χ4v) is 8.01. The molecule has 262 valence electrons. The third kappa shape index (κ3) is 6.24. The van der Waals surface area contributed by atoms with Gasteiger partial charge in [-0.05, 0) is 112 Å². The summed E-state index contributed by atoms with van der Waals surface area (Å²) in [4.78, 5) is 4.86. The topological polar surface area (TPSA) is 36.2 Å². The first-order valence-electron chi connectivity index (χ1n) is 19.0. The van der Waals surface area contributed by atoms with Crippen LogP contribution in [0.1, 0.15) is 16.7 Å². The molecule has 56 heavy (non-hydrogen) atoms. The van der Waals surface area contributed by atoms with Gasteiger partial charge >= 0.3 is 0 Å². The fourth-order valence-electron chi connectivity index (χ4n) is 8.01. The van der Waals surface area contributed by atoms with Crippen molar-refractivity contribution in [2.24, 2.45) is 4.99 Å². The van der Waals surface area contributed by atoms with Crippen molar-refractivity contribution in [3.63, 3.8) is 0 Å².